The van der Waals surface area contributed by atoms with Crippen LogP contribution in [-0.2, 0) is 0 Å². The zero-order valence-electron chi connectivity index (χ0n) is 14.1. The quantitative estimate of drug-likeness (QED) is 0.864. The average molecular weight is 341 g/mol. The Hall–Kier alpha value is -2.11. The summed E-state index contributed by atoms with van der Waals surface area (Å²) >= 11 is 5.70. The molecule has 0 spiro atoms. The summed E-state index contributed by atoms with van der Waals surface area (Å²) in [6.45, 7) is 2.89. The Morgan fingerprint density at radius 2 is 1.79 bits per heavy atom. The number of hydrogen-bond acceptors (Lipinski definition) is 3. The van der Waals surface area contributed by atoms with Gasteiger partial charge in [-0.15, -0.1) is 0 Å². The van der Waals surface area contributed by atoms with E-state index in [1.54, 1.807) is 7.11 Å². The molecule has 3 rings (SSSR count). The van der Waals surface area contributed by atoms with Crippen molar-refractivity contribution in [2.24, 2.45) is 0 Å². The second-order valence-electron chi connectivity index (χ2n) is 6.04. The Morgan fingerprint density at radius 3 is 2.46 bits per heavy atom. The number of rotatable bonds is 3. The SMILES string of the molecule is COc1ccc(NC(=S)N2CCN(C)C[C@@H]2c2ccccc2)cc1. The number of thiocarbonyl (C=S) groups is 1. The summed E-state index contributed by atoms with van der Waals surface area (Å²) in [5.41, 5.74) is 2.27. The van der Waals surface area contributed by atoms with E-state index >= 15 is 0 Å². The smallest absolute Gasteiger partial charge is 0.174 e. The first kappa shape index (κ1) is 16.7. The van der Waals surface area contributed by atoms with Gasteiger partial charge in [0.1, 0.15) is 5.75 Å². The number of hydrogen-bond donors (Lipinski definition) is 1. The lowest BCUT2D eigenvalue weighted by Crippen LogP contribution is -2.50. The molecule has 1 atom stereocenters. The van der Waals surface area contributed by atoms with Crippen molar-refractivity contribution in [3.63, 3.8) is 0 Å². The molecule has 126 valence electrons. The summed E-state index contributed by atoms with van der Waals surface area (Å²) in [4.78, 5) is 4.64. The van der Waals surface area contributed by atoms with Crippen LogP contribution in [0, 0.1) is 0 Å². The van der Waals surface area contributed by atoms with Gasteiger partial charge in [0.15, 0.2) is 5.11 Å². The van der Waals surface area contributed by atoms with Crippen molar-refractivity contribution in [1.29, 1.82) is 0 Å². The minimum atomic E-state index is 0.267. The summed E-state index contributed by atoms with van der Waals surface area (Å²) in [6, 6.07) is 18.7. The standard InChI is InChI=1S/C19H23N3OS/c1-21-12-13-22(18(14-21)15-6-4-3-5-7-15)19(24)20-16-8-10-17(23-2)11-9-16/h3-11,18H,12-14H2,1-2H3,(H,20,24)/t18-/m1/s1. The van der Waals surface area contributed by atoms with E-state index in [-0.39, 0.29) is 6.04 Å². The van der Waals surface area contributed by atoms with E-state index < -0.39 is 0 Å². The highest BCUT2D eigenvalue weighted by atomic mass is 32.1. The number of nitrogens with one attached hydrogen (secondary N) is 1. The van der Waals surface area contributed by atoms with Crippen LogP contribution < -0.4 is 10.1 Å². The third-order valence-corrected chi connectivity index (χ3v) is 4.71. The van der Waals surface area contributed by atoms with Crippen LogP contribution >= 0.6 is 12.2 Å². The summed E-state index contributed by atoms with van der Waals surface area (Å²) < 4.78 is 5.20. The minimum Gasteiger partial charge on any atom is -0.497 e. The maximum Gasteiger partial charge on any atom is 0.174 e. The van der Waals surface area contributed by atoms with E-state index in [1.165, 1.54) is 5.56 Å². The molecule has 1 heterocycles. The predicted molar refractivity (Wildman–Crippen MR) is 103 cm³/mol. The van der Waals surface area contributed by atoms with E-state index in [2.05, 4.69) is 46.4 Å². The Balaban J connectivity index is 1.75. The largest absolute Gasteiger partial charge is 0.497 e. The van der Waals surface area contributed by atoms with Crippen LogP contribution in [-0.4, -0.2) is 48.7 Å². The molecular formula is C19H23N3OS. The fourth-order valence-corrected chi connectivity index (χ4v) is 3.33. The van der Waals surface area contributed by atoms with Crippen LogP contribution in [0.2, 0.25) is 0 Å². The van der Waals surface area contributed by atoms with Crippen molar-refractivity contribution in [3.05, 3.63) is 60.2 Å². The van der Waals surface area contributed by atoms with Gasteiger partial charge in [-0.3, -0.25) is 0 Å². The van der Waals surface area contributed by atoms with Gasteiger partial charge in [0.05, 0.1) is 13.2 Å². The first-order valence-corrected chi connectivity index (χ1v) is 8.53. The lowest BCUT2D eigenvalue weighted by molar-refractivity contribution is 0.153. The molecular weight excluding hydrogens is 318 g/mol. The third-order valence-electron chi connectivity index (χ3n) is 4.37. The number of nitrogens with zero attached hydrogens (tertiary/aromatic N) is 2. The Morgan fingerprint density at radius 1 is 1.08 bits per heavy atom. The molecule has 0 saturated carbocycles. The molecule has 0 radical (unpaired) electrons. The van der Waals surface area contributed by atoms with Gasteiger partial charge in [-0.1, -0.05) is 30.3 Å². The molecule has 0 amide bonds. The maximum atomic E-state index is 5.70. The normalized spacial score (nSPS) is 18.2. The van der Waals surface area contributed by atoms with Crippen molar-refractivity contribution in [2.75, 3.05) is 39.1 Å². The van der Waals surface area contributed by atoms with Crippen molar-refractivity contribution < 1.29 is 4.74 Å². The van der Waals surface area contributed by atoms with Crippen LogP contribution in [0.15, 0.2) is 54.6 Å². The molecule has 2 aromatic carbocycles. The Kier molecular flexibility index (Phi) is 5.33. The molecule has 0 bridgehead atoms. The van der Waals surface area contributed by atoms with Gasteiger partial charge in [-0.2, -0.15) is 0 Å². The number of anilines is 1. The van der Waals surface area contributed by atoms with E-state index in [1.807, 2.05) is 30.3 Å². The zero-order valence-corrected chi connectivity index (χ0v) is 14.9. The van der Waals surface area contributed by atoms with Gasteiger partial charge < -0.3 is 19.9 Å². The third kappa shape index (κ3) is 3.86. The van der Waals surface area contributed by atoms with Gasteiger partial charge >= 0.3 is 0 Å². The minimum absolute atomic E-state index is 0.267. The molecule has 5 heteroatoms. The van der Waals surface area contributed by atoms with Crippen LogP contribution in [0.4, 0.5) is 5.69 Å². The summed E-state index contributed by atoms with van der Waals surface area (Å²) in [5.74, 6) is 0.841. The molecule has 1 aliphatic rings. The van der Waals surface area contributed by atoms with Crippen molar-refractivity contribution in [3.8, 4) is 5.75 Å². The van der Waals surface area contributed by atoms with Gasteiger partial charge in [-0.25, -0.2) is 0 Å². The van der Waals surface area contributed by atoms with E-state index in [0.717, 1.165) is 36.2 Å². The monoisotopic (exact) mass is 341 g/mol. The van der Waals surface area contributed by atoms with E-state index in [4.69, 9.17) is 17.0 Å². The molecule has 0 aromatic heterocycles. The Labute approximate surface area is 149 Å². The molecule has 24 heavy (non-hydrogen) atoms. The molecule has 0 aliphatic carbocycles. The molecule has 1 N–H and O–H groups in total. The van der Waals surface area contributed by atoms with Crippen LogP contribution in [0.1, 0.15) is 11.6 Å². The number of benzene rings is 2. The second kappa shape index (κ2) is 7.64. The van der Waals surface area contributed by atoms with Gasteiger partial charge in [0, 0.05) is 25.3 Å². The predicted octanol–water partition coefficient (Wildman–Crippen LogP) is 3.38. The lowest BCUT2D eigenvalue weighted by Gasteiger charge is -2.41. The van der Waals surface area contributed by atoms with Crippen molar-refractivity contribution in [2.45, 2.75) is 6.04 Å². The molecule has 1 fully saturated rings. The van der Waals surface area contributed by atoms with Gasteiger partial charge in [0.25, 0.3) is 0 Å². The van der Waals surface area contributed by atoms with Crippen molar-refractivity contribution >= 4 is 23.0 Å². The lowest BCUT2D eigenvalue weighted by atomic mass is 10.0. The zero-order chi connectivity index (χ0) is 16.9. The van der Waals surface area contributed by atoms with Crippen molar-refractivity contribution in [1.82, 2.24) is 9.80 Å². The topological polar surface area (TPSA) is 27.7 Å². The summed E-state index contributed by atoms with van der Waals surface area (Å²) in [5, 5.41) is 4.13. The first-order valence-electron chi connectivity index (χ1n) is 8.12. The highest BCUT2D eigenvalue weighted by molar-refractivity contribution is 7.80. The second-order valence-corrected chi connectivity index (χ2v) is 6.43. The summed E-state index contributed by atoms with van der Waals surface area (Å²) in [7, 11) is 3.83. The van der Waals surface area contributed by atoms with Crippen LogP contribution in [0.3, 0.4) is 0 Å². The average Bonchev–Trinajstić information content (AvgIpc) is 2.63. The molecule has 1 aliphatic heterocycles. The summed E-state index contributed by atoms with van der Waals surface area (Å²) in [6.07, 6.45) is 0. The number of methoxy groups -OCH3 is 1. The number of ether oxygens (including phenoxy) is 1. The molecule has 4 nitrogen and oxygen atoms in total. The number of piperazine rings is 1. The number of likely N-dealkylation sites (N-methyl/N-ethyl adjacent to an activating group) is 1. The molecule has 0 unspecified atom stereocenters. The molecule has 1 saturated heterocycles. The fourth-order valence-electron chi connectivity index (χ4n) is 2.99. The maximum absolute atomic E-state index is 5.70. The van der Waals surface area contributed by atoms with E-state index in [0.29, 0.717) is 0 Å². The fraction of sp³-hybridized carbons (Fsp3) is 0.316. The van der Waals surface area contributed by atoms with Crippen LogP contribution in [0.5, 0.6) is 5.75 Å². The van der Waals surface area contributed by atoms with Gasteiger partial charge in [0.2, 0.25) is 0 Å². The Bertz CT molecular complexity index is 675. The van der Waals surface area contributed by atoms with E-state index in [9.17, 15) is 0 Å². The molecule has 2 aromatic rings. The van der Waals surface area contributed by atoms with Crippen LogP contribution in [0.25, 0.3) is 0 Å². The highest BCUT2D eigenvalue weighted by Crippen LogP contribution is 2.26. The van der Waals surface area contributed by atoms with Gasteiger partial charge in [-0.05, 0) is 49.1 Å². The first-order chi connectivity index (χ1) is 11.7. The highest BCUT2D eigenvalue weighted by Gasteiger charge is 2.28.